The summed E-state index contributed by atoms with van der Waals surface area (Å²) in [5.41, 5.74) is 2.25. The van der Waals surface area contributed by atoms with Gasteiger partial charge >= 0.3 is 6.03 Å². The number of carbonyl (C=O) groups is 1. The number of nitriles is 1. The molecule has 1 saturated carbocycles. The van der Waals surface area contributed by atoms with E-state index in [0.717, 1.165) is 64.0 Å². The zero-order valence-corrected chi connectivity index (χ0v) is 20.5. The van der Waals surface area contributed by atoms with Crippen LogP contribution in [0.4, 0.5) is 16.2 Å². The number of nitrogens with zero attached hydrogens (tertiary/aromatic N) is 5. The first-order valence-electron chi connectivity index (χ1n) is 12.2. The molecule has 180 valence electrons. The lowest BCUT2D eigenvalue weighted by Gasteiger charge is -2.43. The highest BCUT2D eigenvalue weighted by molar-refractivity contribution is 5.90. The Hall–Kier alpha value is -3.18. The Balaban J connectivity index is 1.40. The summed E-state index contributed by atoms with van der Waals surface area (Å²) in [6, 6.07) is 11.6. The van der Waals surface area contributed by atoms with Gasteiger partial charge in [0, 0.05) is 49.3 Å². The zero-order chi connectivity index (χ0) is 24.2. The van der Waals surface area contributed by atoms with Crippen molar-refractivity contribution in [1.29, 1.82) is 5.26 Å². The summed E-state index contributed by atoms with van der Waals surface area (Å²) in [6.07, 6.45) is 6.32. The number of carbonyl (C=O) groups excluding carboxylic acids is 1. The summed E-state index contributed by atoms with van der Waals surface area (Å²) < 4.78 is 0. The van der Waals surface area contributed by atoms with E-state index in [0.29, 0.717) is 5.69 Å². The van der Waals surface area contributed by atoms with Crippen molar-refractivity contribution in [2.75, 3.05) is 36.4 Å². The molecule has 1 aromatic carbocycles. The fraction of sp³-hybridized carbons (Fsp3) is 0.538. The van der Waals surface area contributed by atoms with Crippen LogP contribution in [0.5, 0.6) is 0 Å². The van der Waals surface area contributed by atoms with Gasteiger partial charge in [-0.05, 0) is 63.9 Å². The number of nitrogens with one attached hydrogen (secondary N) is 2. The van der Waals surface area contributed by atoms with E-state index in [1.54, 1.807) is 12.3 Å². The van der Waals surface area contributed by atoms with E-state index in [2.05, 4.69) is 63.3 Å². The second-order valence-electron chi connectivity index (χ2n) is 10.3. The smallest absolute Gasteiger partial charge is 0.319 e. The minimum Gasteiger partial charge on any atom is -0.369 e. The largest absolute Gasteiger partial charge is 0.369 e. The van der Waals surface area contributed by atoms with Crippen molar-refractivity contribution in [2.45, 2.75) is 64.0 Å². The van der Waals surface area contributed by atoms with E-state index in [4.69, 9.17) is 0 Å². The number of amides is 2. The van der Waals surface area contributed by atoms with Crippen LogP contribution >= 0.6 is 0 Å². The molecule has 8 nitrogen and oxygen atoms in total. The van der Waals surface area contributed by atoms with E-state index in [9.17, 15) is 10.1 Å². The Kier molecular flexibility index (Phi) is 7.03. The number of rotatable bonds is 4. The van der Waals surface area contributed by atoms with Gasteiger partial charge in [0.05, 0.1) is 11.2 Å². The standard InChI is InChI=1S/C26H35N7O/c1-25(2,3)33-17-15-32(16-18-33)21-9-7-20(8-10-21)29-24(34)31-26(12-5-4-6-13-26)22-11-14-28-23(19-27)30-22/h7-11,14H,4-6,12-13,15-18H2,1-3H3,(H2,29,31,34). The molecule has 2 aromatic rings. The molecule has 1 aliphatic heterocycles. The summed E-state index contributed by atoms with van der Waals surface area (Å²) in [6.45, 7) is 10.9. The van der Waals surface area contributed by atoms with Gasteiger partial charge in [0.1, 0.15) is 6.07 Å². The summed E-state index contributed by atoms with van der Waals surface area (Å²) >= 11 is 0. The van der Waals surface area contributed by atoms with Gasteiger partial charge in [0.25, 0.3) is 0 Å². The van der Waals surface area contributed by atoms with E-state index >= 15 is 0 Å². The summed E-state index contributed by atoms with van der Waals surface area (Å²) in [4.78, 5) is 26.3. The molecule has 0 atom stereocenters. The highest BCUT2D eigenvalue weighted by atomic mass is 16.2. The third-order valence-electron chi connectivity index (χ3n) is 7.02. The molecule has 2 N–H and O–H groups in total. The quantitative estimate of drug-likeness (QED) is 0.707. The van der Waals surface area contributed by atoms with Crippen molar-refractivity contribution in [3.05, 3.63) is 48.0 Å². The number of benzene rings is 1. The average Bonchev–Trinajstić information content (AvgIpc) is 2.84. The molecule has 0 bridgehead atoms. The van der Waals surface area contributed by atoms with Gasteiger partial charge in [-0.15, -0.1) is 0 Å². The molecule has 0 spiro atoms. The first-order valence-corrected chi connectivity index (χ1v) is 12.2. The van der Waals surface area contributed by atoms with Gasteiger partial charge in [0.2, 0.25) is 5.82 Å². The second-order valence-corrected chi connectivity index (χ2v) is 10.3. The third-order valence-corrected chi connectivity index (χ3v) is 7.02. The van der Waals surface area contributed by atoms with Crippen molar-refractivity contribution in [2.24, 2.45) is 0 Å². The van der Waals surface area contributed by atoms with Crippen LogP contribution in [0.15, 0.2) is 36.5 Å². The van der Waals surface area contributed by atoms with Gasteiger partial charge in [0.15, 0.2) is 0 Å². The molecule has 1 aromatic heterocycles. The molecule has 1 aliphatic carbocycles. The molecule has 0 radical (unpaired) electrons. The summed E-state index contributed by atoms with van der Waals surface area (Å²) in [7, 11) is 0. The fourth-order valence-electron chi connectivity index (χ4n) is 5.05. The predicted molar refractivity (Wildman–Crippen MR) is 134 cm³/mol. The molecule has 4 rings (SSSR count). The number of hydrogen-bond donors (Lipinski definition) is 2. The lowest BCUT2D eigenvalue weighted by molar-refractivity contribution is 0.128. The summed E-state index contributed by atoms with van der Waals surface area (Å²) in [5, 5.41) is 15.4. The van der Waals surface area contributed by atoms with E-state index < -0.39 is 5.54 Å². The molecular formula is C26H35N7O. The van der Waals surface area contributed by atoms with Crippen LogP contribution < -0.4 is 15.5 Å². The zero-order valence-electron chi connectivity index (χ0n) is 20.5. The first-order chi connectivity index (χ1) is 16.3. The topological polar surface area (TPSA) is 97.2 Å². The normalized spacial score (nSPS) is 18.7. The lowest BCUT2D eigenvalue weighted by Crippen LogP contribution is -2.53. The maximum absolute atomic E-state index is 13.0. The molecule has 2 heterocycles. The van der Waals surface area contributed by atoms with Crippen LogP contribution in [0, 0.1) is 11.3 Å². The Morgan fingerprint density at radius 2 is 1.71 bits per heavy atom. The minimum absolute atomic E-state index is 0.128. The van der Waals surface area contributed by atoms with Crippen LogP contribution in [0.2, 0.25) is 0 Å². The molecule has 2 amide bonds. The van der Waals surface area contributed by atoms with Crippen LogP contribution in [-0.2, 0) is 5.54 Å². The predicted octanol–water partition coefficient (Wildman–Crippen LogP) is 4.25. The van der Waals surface area contributed by atoms with Crippen LogP contribution in [0.1, 0.15) is 64.4 Å². The van der Waals surface area contributed by atoms with Gasteiger partial charge in [-0.3, -0.25) is 4.90 Å². The molecule has 0 unspecified atom stereocenters. The first kappa shape index (κ1) is 24.0. The monoisotopic (exact) mass is 461 g/mol. The van der Waals surface area contributed by atoms with Crippen LogP contribution in [0.25, 0.3) is 0 Å². The third kappa shape index (κ3) is 5.48. The van der Waals surface area contributed by atoms with Crippen molar-refractivity contribution < 1.29 is 4.79 Å². The van der Waals surface area contributed by atoms with E-state index in [1.165, 1.54) is 5.69 Å². The number of piperazine rings is 1. The average molecular weight is 462 g/mol. The SMILES string of the molecule is CC(C)(C)N1CCN(c2ccc(NC(=O)NC3(c4ccnc(C#N)n4)CCCCC3)cc2)CC1. The Morgan fingerprint density at radius 3 is 2.32 bits per heavy atom. The van der Waals surface area contributed by atoms with Crippen molar-refractivity contribution >= 4 is 17.4 Å². The van der Waals surface area contributed by atoms with Gasteiger partial charge in [-0.1, -0.05) is 19.3 Å². The molecular weight excluding hydrogens is 426 g/mol. The lowest BCUT2D eigenvalue weighted by atomic mass is 9.79. The Morgan fingerprint density at radius 1 is 1.03 bits per heavy atom. The maximum atomic E-state index is 13.0. The molecule has 2 fully saturated rings. The van der Waals surface area contributed by atoms with Crippen LogP contribution in [-0.4, -0.2) is 52.6 Å². The second kappa shape index (κ2) is 9.98. The fourth-order valence-corrected chi connectivity index (χ4v) is 5.05. The minimum atomic E-state index is -0.580. The number of urea groups is 1. The Labute approximate surface area is 202 Å². The van der Waals surface area contributed by atoms with E-state index in [-0.39, 0.29) is 17.4 Å². The number of aromatic nitrogens is 2. The van der Waals surface area contributed by atoms with Crippen LogP contribution in [0.3, 0.4) is 0 Å². The molecule has 8 heteroatoms. The molecule has 1 saturated heterocycles. The molecule has 34 heavy (non-hydrogen) atoms. The van der Waals surface area contributed by atoms with Gasteiger partial charge in [-0.25, -0.2) is 14.8 Å². The highest BCUT2D eigenvalue weighted by Crippen LogP contribution is 2.36. The Bertz CT molecular complexity index is 1020. The highest BCUT2D eigenvalue weighted by Gasteiger charge is 2.37. The maximum Gasteiger partial charge on any atom is 0.319 e. The van der Waals surface area contributed by atoms with Crippen molar-refractivity contribution in [3.63, 3.8) is 0 Å². The van der Waals surface area contributed by atoms with Crippen molar-refractivity contribution in [1.82, 2.24) is 20.2 Å². The number of anilines is 2. The van der Waals surface area contributed by atoms with Crippen molar-refractivity contribution in [3.8, 4) is 6.07 Å². The molecule has 2 aliphatic rings. The summed E-state index contributed by atoms with van der Waals surface area (Å²) in [5.74, 6) is 0.128. The van der Waals surface area contributed by atoms with Gasteiger partial charge < -0.3 is 15.5 Å². The van der Waals surface area contributed by atoms with Gasteiger partial charge in [-0.2, -0.15) is 5.26 Å². The van der Waals surface area contributed by atoms with E-state index in [1.807, 2.05) is 18.2 Å². The number of hydrogen-bond acceptors (Lipinski definition) is 6.